The molecule has 0 aliphatic heterocycles. The zero-order valence-corrected chi connectivity index (χ0v) is 14.2. The van der Waals surface area contributed by atoms with Crippen LogP contribution in [0, 0.1) is 0 Å². The highest BCUT2D eigenvalue weighted by molar-refractivity contribution is 7.89. The van der Waals surface area contributed by atoms with Gasteiger partial charge in [-0.05, 0) is 37.0 Å². The lowest BCUT2D eigenvalue weighted by Crippen LogP contribution is -2.42. The summed E-state index contributed by atoms with van der Waals surface area (Å²) in [4.78, 5) is 0.364. The Morgan fingerprint density at radius 2 is 1.67 bits per heavy atom. The maximum absolute atomic E-state index is 12.8. The summed E-state index contributed by atoms with van der Waals surface area (Å²) in [6.07, 6.45) is 3.62. The SMILES string of the molecule is CCCc1ccc(S(=O)(=O)N(CCN)C(CC)CC)cc1. The molecule has 0 amide bonds. The van der Waals surface area contributed by atoms with Crippen LogP contribution in [-0.2, 0) is 16.4 Å². The van der Waals surface area contributed by atoms with E-state index in [0.29, 0.717) is 18.0 Å². The first-order valence-electron chi connectivity index (χ1n) is 7.82. The molecule has 5 heteroatoms. The molecule has 0 bridgehead atoms. The summed E-state index contributed by atoms with van der Waals surface area (Å²) in [5.41, 5.74) is 6.78. The average molecular weight is 312 g/mol. The number of benzene rings is 1. The van der Waals surface area contributed by atoms with Crippen molar-refractivity contribution in [2.24, 2.45) is 5.73 Å². The molecule has 0 saturated carbocycles. The molecule has 0 atom stereocenters. The van der Waals surface area contributed by atoms with Crippen LogP contribution >= 0.6 is 0 Å². The Kier molecular flexibility index (Phi) is 7.35. The van der Waals surface area contributed by atoms with E-state index in [9.17, 15) is 8.42 Å². The van der Waals surface area contributed by atoms with Gasteiger partial charge in [0, 0.05) is 19.1 Å². The van der Waals surface area contributed by atoms with Crippen molar-refractivity contribution in [3.05, 3.63) is 29.8 Å². The van der Waals surface area contributed by atoms with Crippen molar-refractivity contribution in [1.82, 2.24) is 4.31 Å². The molecule has 120 valence electrons. The lowest BCUT2D eigenvalue weighted by Gasteiger charge is -2.29. The van der Waals surface area contributed by atoms with Gasteiger partial charge in [-0.15, -0.1) is 0 Å². The van der Waals surface area contributed by atoms with Gasteiger partial charge in [0.2, 0.25) is 10.0 Å². The third-order valence-corrected chi connectivity index (χ3v) is 5.73. The van der Waals surface area contributed by atoms with E-state index in [1.54, 1.807) is 16.4 Å². The highest BCUT2D eigenvalue weighted by Gasteiger charge is 2.28. The third-order valence-electron chi connectivity index (χ3n) is 3.77. The Balaban J connectivity index is 3.09. The summed E-state index contributed by atoms with van der Waals surface area (Å²) in [6, 6.07) is 7.25. The van der Waals surface area contributed by atoms with Gasteiger partial charge in [0.25, 0.3) is 0 Å². The van der Waals surface area contributed by atoms with Crippen LogP contribution in [0.3, 0.4) is 0 Å². The maximum atomic E-state index is 12.8. The minimum Gasteiger partial charge on any atom is -0.329 e. The average Bonchev–Trinajstić information content (AvgIpc) is 2.48. The van der Waals surface area contributed by atoms with Gasteiger partial charge < -0.3 is 5.73 Å². The number of sulfonamides is 1. The van der Waals surface area contributed by atoms with E-state index in [0.717, 1.165) is 25.7 Å². The van der Waals surface area contributed by atoms with E-state index in [1.165, 1.54) is 5.56 Å². The molecule has 0 unspecified atom stereocenters. The van der Waals surface area contributed by atoms with Crippen LogP contribution in [0.25, 0.3) is 0 Å². The molecule has 0 radical (unpaired) electrons. The molecule has 1 rings (SSSR count). The molecule has 0 spiro atoms. The fourth-order valence-corrected chi connectivity index (χ4v) is 4.36. The van der Waals surface area contributed by atoms with Crippen molar-refractivity contribution < 1.29 is 8.42 Å². The smallest absolute Gasteiger partial charge is 0.243 e. The van der Waals surface area contributed by atoms with Gasteiger partial charge >= 0.3 is 0 Å². The van der Waals surface area contributed by atoms with Crippen LogP contribution in [-0.4, -0.2) is 31.9 Å². The van der Waals surface area contributed by atoms with E-state index >= 15 is 0 Å². The Labute approximate surface area is 129 Å². The van der Waals surface area contributed by atoms with Gasteiger partial charge in [0.15, 0.2) is 0 Å². The minimum absolute atomic E-state index is 0.00821. The first-order valence-corrected chi connectivity index (χ1v) is 9.26. The minimum atomic E-state index is -3.47. The second-order valence-electron chi connectivity index (χ2n) is 5.27. The second-order valence-corrected chi connectivity index (χ2v) is 7.16. The van der Waals surface area contributed by atoms with Crippen LogP contribution in [0.1, 0.15) is 45.6 Å². The molecular weight excluding hydrogens is 284 g/mol. The summed E-state index contributed by atoms with van der Waals surface area (Å²) in [5.74, 6) is 0. The number of hydrogen-bond acceptors (Lipinski definition) is 3. The zero-order chi connectivity index (χ0) is 15.9. The van der Waals surface area contributed by atoms with Crippen molar-refractivity contribution in [2.45, 2.75) is 57.4 Å². The van der Waals surface area contributed by atoms with E-state index in [1.807, 2.05) is 26.0 Å². The molecule has 21 heavy (non-hydrogen) atoms. The summed E-state index contributed by atoms with van der Waals surface area (Å²) < 4.78 is 27.2. The number of nitrogens with two attached hydrogens (primary N) is 1. The van der Waals surface area contributed by atoms with Gasteiger partial charge in [-0.25, -0.2) is 8.42 Å². The zero-order valence-electron chi connectivity index (χ0n) is 13.4. The molecule has 0 heterocycles. The Morgan fingerprint density at radius 1 is 1.10 bits per heavy atom. The van der Waals surface area contributed by atoms with Crippen molar-refractivity contribution in [3.8, 4) is 0 Å². The summed E-state index contributed by atoms with van der Waals surface area (Å²) in [6.45, 7) is 6.84. The molecule has 2 N–H and O–H groups in total. The predicted molar refractivity (Wildman–Crippen MR) is 87.8 cm³/mol. The number of rotatable bonds is 9. The van der Waals surface area contributed by atoms with Crippen LogP contribution in [0.5, 0.6) is 0 Å². The van der Waals surface area contributed by atoms with E-state index < -0.39 is 10.0 Å². The fourth-order valence-electron chi connectivity index (χ4n) is 2.57. The Morgan fingerprint density at radius 3 is 2.10 bits per heavy atom. The van der Waals surface area contributed by atoms with Crippen molar-refractivity contribution in [3.63, 3.8) is 0 Å². The van der Waals surface area contributed by atoms with Gasteiger partial charge in [-0.2, -0.15) is 4.31 Å². The van der Waals surface area contributed by atoms with Crippen LogP contribution in [0.2, 0.25) is 0 Å². The normalized spacial score (nSPS) is 12.3. The van der Waals surface area contributed by atoms with Crippen molar-refractivity contribution in [1.29, 1.82) is 0 Å². The molecule has 0 aliphatic carbocycles. The molecule has 1 aromatic rings. The first kappa shape index (κ1) is 18.1. The van der Waals surface area contributed by atoms with Crippen LogP contribution < -0.4 is 5.73 Å². The fraction of sp³-hybridized carbons (Fsp3) is 0.625. The van der Waals surface area contributed by atoms with Crippen molar-refractivity contribution >= 4 is 10.0 Å². The highest BCUT2D eigenvalue weighted by Crippen LogP contribution is 2.21. The maximum Gasteiger partial charge on any atom is 0.243 e. The lowest BCUT2D eigenvalue weighted by molar-refractivity contribution is 0.309. The van der Waals surface area contributed by atoms with Gasteiger partial charge in [0.05, 0.1) is 4.90 Å². The molecule has 0 saturated heterocycles. The summed E-state index contributed by atoms with van der Waals surface area (Å²) >= 11 is 0. The van der Waals surface area contributed by atoms with E-state index in [-0.39, 0.29) is 6.04 Å². The second kappa shape index (κ2) is 8.51. The molecule has 0 fully saturated rings. The summed E-state index contributed by atoms with van der Waals surface area (Å²) in [5, 5.41) is 0. The number of aryl methyl sites for hydroxylation is 1. The van der Waals surface area contributed by atoms with Gasteiger partial charge in [-0.3, -0.25) is 0 Å². The van der Waals surface area contributed by atoms with E-state index in [4.69, 9.17) is 5.73 Å². The highest BCUT2D eigenvalue weighted by atomic mass is 32.2. The van der Waals surface area contributed by atoms with Crippen molar-refractivity contribution in [2.75, 3.05) is 13.1 Å². The lowest BCUT2D eigenvalue weighted by atomic mass is 10.1. The van der Waals surface area contributed by atoms with Gasteiger partial charge in [-0.1, -0.05) is 39.3 Å². The monoisotopic (exact) mass is 312 g/mol. The summed E-state index contributed by atoms with van der Waals surface area (Å²) in [7, 11) is -3.47. The number of hydrogen-bond donors (Lipinski definition) is 1. The molecule has 0 aliphatic rings. The largest absolute Gasteiger partial charge is 0.329 e. The van der Waals surface area contributed by atoms with Gasteiger partial charge in [0.1, 0.15) is 0 Å². The Bertz CT molecular complexity index is 508. The van der Waals surface area contributed by atoms with Crippen LogP contribution in [0.4, 0.5) is 0 Å². The standard InChI is InChI=1S/C16H28N2O2S/c1-4-7-14-8-10-16(11-9-14)21(19,20)18(13-12-17)15(5-2)6-3/h8-11,15H,4-7,12-13,17H2,1-3H3. The van der Waals surface area contributed by atoms with E-state index in [2.05, 4.69) is 6.92 Å². The molecule has 4 nitrogen and oxygen atoms in total. The van der Waals surface area contributed by atoms with Crippen LogP contribution in [0.15, 0.2) is 29.2 Å². The third kappa shape index (κ3) is 4.53. The molecule has 0 aromatic heterocycles. The number of nitrogens with zero attached hydrogens (tertiary/aromatic N) is 1. The topological polar surface area (TPSA) is 63.4 Å². The molecular formula is C16H28N2O2S. The Hall–Kier alpha value is -0.910. The predicted octanol–water partition coefficient (Wildman–Crippen LogP) is 2.78. The molecule has 1 aromatic carbocycles. The first-order chi connectivity index (χ1) is 10.0. The quantitative estimate of drug-likeness (QED) is 0.762.